The second-order valence-electron chi connectivity index (χ2n) is 4.95. The van der Waals surface area contributed by atoms with Gasteiger partial charge in [-0.05, 0) is 36.8 Å². The highest BCUT2D eigenvalue weighted by molar-refractivity contribution is 6.06. The van der Waals surface area contributed by atoms with Crippen LogP contribution in [0.15, 0.2) is 66.4 Å². The molecule has 0 saturated heterocycles. The Morgan fingerprint density at radius 2 is 1.88 bits per heavy atom. The first kappa shape index (κ1) is 17.1. The first-order chi connectivity index (χ1) is 11.7. The van der Waals surface area contributed by atoms with Gasteiger partial charge in [-0.2, -0.15) is 5.26 Å². The number of amides is 1. The minimum atomic E-state index is -0.456. The maximum atomic E-state index is 12.1. The van der Waals surface area contributed by atoms with Gasteiger partial charge in [0.05, 0.1) is 6.61 Å². The van der Waals surface area contributed by atoms with E-state index >= 15 is 0 Å². The highest BCUT2D eigenvalue weighted by Gasteiger charge is 2.09. The molecular weight excluding hydrogens is 302 g/mol. The molecule has 0 aliphatic heterocycles. The van der Waals surface area contributed by atoms with E-state index in [4.69, 9.17) is 10.00 Å². The molecule has 24 heavy (non-hydrogen) atoms. The lowest BCUT2D eigenvalue weighted by Gasteiger charge is -2.07. The Balaban J connectivity index is 1.93. The number of carbonyl (C=O) groups is 1. The molecule has 0 spiro atoms. The van der Waals surface area contributed by atoms with Crippen molar-refractivity contribution in [1.82, 2.24) is 5.32 Å². The number of nitrogens with zero attached hydrogens (tertiary/aromatic N) is 1. The third-order valence-corrected chi connectivity index (χ3v) is 3.18. The van der Waals surface area contributed by atoms with E-state index in [1.54, 1.807) is 24.3 Å². The van der Waals surface area contributed by atoms with Crippen LogP contribution >= 0.6 is 0 Å². The van der Waals surface area contributed by atoms with Crippen LogP contribution in [0.4, 0.5) is 5.69 Å². The van der Waals surface area contributed by atoms with Crippen molar-refractivity contribution in [2.24, 2.45) is 0 Å². The molecule has 0 aliphatic rings. The van der Waals surface area contributed by atoms with Crippen LogP contribution in [0.5, 0.6) is 5.75 Å². The van der Waals surface area contributed by atoms with Crippen molar-refractivity contribution >= 4 is 11.6 Å². The number of benzene rings is 2. The minimum absolute atomic E-state index is 0.0137. The van der Waals surface area contributed by atoms with Crippen LogP contribution in [0.25, 0.3) is 0 Å². The first-order valence-corrected chi connectivity index (χ1v) is 7.64. The van der Waals surface area contributed by atoms with E-state index in [2.05, 4.69) is 10.6 Å². The summed E-state index contributed by atoms with van der Waals surface area (Å²) in [6, 6.07) is 18.6. The van der Waals surface area contributed by atoms with Crippen molar-refractivity contribution in [2.75, 3.05) is 11.9 Å². The minimum Gasteiger partial charge on any atom is -0.494 e. The Kier molecular flexibility index (Phi) is 6.42. The van der Waals surface area contributed by atoms with Crippen molar-refractivity contribution in [1.29, 1.82) is 5.26 Å². The molecule has 0 aliphatic carbocycles. The molecule has 0 heterocycles. The second kappa shape index (κ2) is 9.01. The normalized spacial score (nSPS) is 10.6. The zero-order valence-electron chi connectivity index (χ0n) is 13.5. The predicted molar refractivity (Wildman–Crippen MR) is 93.2 cm³/mol. The van der Waals surface area contributed by atoms with E-state index in [1.807, 2.05) is 43.3 Å². The largest absolute Gasteiger partial charge is 0.494 e. The summed E-state index contributed by atoms with van der Waals surface area (Å²) in [5, 5.41) is 14.8. The number of hydrogen-bond acceptors (Lipinski definition) is 4. The zero-order chi connectivity index (χ0) is 17.2. The highest BCUT2D eigenvalue weighted by Crippen LogP contribution is 2.16. The van der Waals surface area contributed by atoms with Crippen molar-refractivity contribution in [3.63, 3.8) is 0 Å². The van der Waals surface area contributed by atoms with Gasteiger partial charge in [0.15, 0.2) is 0 Å². The third-order valence-electron chi connectivity index (χ3n) is 3.18. The van der Waals surface area contributed by atoms with Crippen LogP contribution in [0.1, 0.15) is 12.5 Å². The summed E-state index contributed by atoms with van der Waals surface area (Å²) in [7, 11) is 0. The number of nitrogens with one attached hydrogen (secondary N) is 2. The average Bonchev–Trinajstić information content (AvgIpc) is 2.61. The van der Waals surface area contributed by atoms with Gasteiger partial charge in [-0.25, -0.2) is 0 Å². The molecule has 2 aromatic carbocycles. The molecule has 0 bridgehead atoms. The van der Waals surface area contributed by atoms with Crippen LogP contribution in [0, 0.1) is 11.3 Å². The number of anilines is 1. The number of ether oxygens (including phenoxy) is 1. The van der Waals surface area contributed by atoms with Gasteiger partial charge in [-0.15, -0.1) is 0 Å². The molecule has 0 saturated carbocycles. The summed E-state index contributed by atoms with van der Waals surface area (Å²) in [5.41, 5.74) is 1.69. The van der Waals surface area contributed by atoms with E-state index in [-0.39, 0.29) is 5.57 Å². The van der Waals surface area contributed by atoms with Crippen molar-refractivity contribution < 1.29 is 9.53 Å². The van der Waals surface area contributed by atoms with Gasteiger partial charge in [-0.1, -0.05) is 30.3 Å². The average molecular weight is 321 g/mol. The van der Waals surface area contributed by atoms with E-state index in [0.717, 1.165) is 11.3 Å². The predicted octanol–water partition coefficient (Wildman–Crippen LogP) is 3.22. The SMILES string of the molecule is CCOc1ccc(NC(=O)/C(C#N)=C\NCc2ccccc2)cc1. The van der Waals surface area contributed by atoms with Crippen molar-refractivity contribution in [2.45, 2.75) is 13.5 Å². The second-order valence-corrected chi connectivity index (χ2v) is 4.95. The summed E-state index contributed by atoms with van der Waals surface area (Å²) >= 11 is 0. The van der Waals surface area contributed by atoms with E-state index in [1.165, 1.54) is 6.20 Å². The lowest BCUT2D eigenvalue weighted by molar-refractivity contribution is -0.112. The molecule has 122 valence electrons. The van der Waals surface area contributed by atoms with E-state index < -0.39 is 5.91 Å². The highest BCUT2D eigenvalue weighted by atomic mass is 16.5. The first-order valence-electron chi connectivity index (χ1n) is 7.64. The Bertz CT molecular complexity index is 731. The van der Waals surface area contributed by atoms with Crippen LogP contribution < -0.4 is 15.4 Å². The van der Waals surface area contributed by atoms with Gasteiger partial charge in [0.2, 0.25) is 0 Å². The molecule has 5 nitrogen and oxygen atoms in total. The standard InChI is InChI=1S/C19H19N3O2/c1-2-24-18-10-8-17(9-11-18)22-19(23)16(12-20)14-21-13-15-6-4-3-5-7-15/h3-11,14,21H,2,13H2,1H3,(H,22,23)/b16-14-. The maximum Gasteiger partial charge on any atom is 0.267 e. The number of carbonyl (C=O) groups excluding carboxylic acids is 1. The van der Waals surface area contributed by atoms with Gasteiger partial charge >= 0.3 is 0 Å². The van der Waals surface area contributed by atoms with Crippen LogP contribution in [0.3, 0.4) is 0 Å². The lowest BCUT2D eigenvalue weighted by atomic mass is 10.2. The number of hydrogen-bond donors (Lipinski definition) is 2. The van der Waals surface area contributed by atoms with Crippen LogP contribution in [-0.2, 0) is 11.3 Å². The summed E-state index contributed by atoms with van der Waals surface area (Å²) in [6.07, 6.45) is 1.43. The van der Waals surface area contributed by atoms with Crippen molar-refractivity contribution in [3.05, 3.63) is 71.9 Å². The molecule has 0 fully saturated rings. The summed E-state index contributed by atoms with van der Waals surface area (Å²) < 4.78 is 5.34. The van der Waals surface area contributed by atoms with E-state index in [0.29, 0.717) is 18.8 Å². The summed E-state index contributed by atoms with van der Waals surface area (Å²) in [5.74, 6) is 0.276. The fourth-order valence-corrected chi connectivity index (χ4v) is 2.01. The Labute approximate surface area is 141 Å². The van der Waals surface area contributed by atoms with Gasteiger partial charge < -0.3 is 15.4 Å². The molecule has 2 rings (SSSR count). The molecule has 0 radical (unpaired) electrons. The zero-order valence-corrected chi connectivity index (χ0v) is 13.5. The van der Waals surface area contributed by atoms with Gasteiger partial charge in [0.1, 0.15) is 17.4 Å². The third kappa shape index (κ3) is 5.18. The Hall–Kier alpha value is -3.26. The molecular formula is C19H19N3O2. The number of rotatable bonds is 7. The molecule has 0 unspecified atom stereocenters. The maximum absolute atomic E-state index is 12.1. The molecule has 2 aromatic rings. The molecule has 0 aromatic heterocycles. The monoisotopic (exact) mass is 321 g/mol. The lowest BCUT2D eigenvalue weighted by Crippen LogP contribution is -2.16. The van der Waals surface area contributed by atoms with Crippen LogP contribution in [-0.4, -0.2) is 12.5 Å². The molecule has 0 atom stereocenters. The summed E-state index contributed by atoms with van der Waals surface area (Å²) in [6.45, 7) is 3.03. The Morgan fingerprint density at radius 1 is 1.17 bits per heavy atom. The number of nitriles is 1. The smallest absolute Gasteiger partial charge is 0.267 e. The quantitative estimate of drug-likeness (QED) is 0.606. The van der Waals surface area contributed by atoms with Gasteiger partial charge in [0.25, 0.3) is 5.91 Å². The molecule has 5 heteroatoms. The molecule has 2 N–H and O–H groups in total. The van der Waals surface area contributed by atoms with E-state index in [9.17, 15) is 4.79 Å². The van der Waals surface area contributed by atoms with Gasteiger partial charge in [0, 0.05) is 18.4 Å². The summed E-state index contributed by atoms with van der Waals surface area (Å²) in [4.78, 5) is 12.1. The fourth-order valence-electron chi connectivity index (χ4n) is 2.01. The molecule has 1 amide bonds. The topological polar surface area (TPSA) is 74.1 Å². The Morgan fingerprint density at radius 3 is 2.50 bits per heavy atom. The fraction of sp³-hybridized carbons (Fsp3) is 0.158. The van der Waals surface area contributed by atoms with Crippen molar-refractivity contribution in [3.8, 4) is 11.8 Å². The van der Waals surface area contributed by atoms with Crippen LogP contribution in [0.2, 0.25) is 0 Å². The van der Waals surface area contributed by atoms with Gasteiger partial charge in [-0.3, -0.25) is 4.79 Å².